The highest BCUT2D eigenvalue weighted by atomic mass is 16.6. The molecule has 0 aromatic heterocycles. The third-order valence-corrected chi connectivity index (χ3v) is 4.94. The maximum Gasteiger partial charge on any atom is 0.408 e. The first-order chi connectivity index (χ1) is 15.3. The van der Waals surface area contributed by atoms with Gasteiger partial charge in [0.1, 0.15) is 17.7 Å². The molecule has 0 saturated heterocycles. The summed E-state index contributed by atoms with van der Waals surface area (Å²) < 4.78 is 5.28. The van der Waals surface area contributed by atoms with E-state index in [1.165, 1.54) is 4.90 Å². The van der Waals surface area contributed by atoms with Crippen LogP contribution in [0, 0.1) is 13.8 Å². The smallest absolute Gasteiger partial charge is 0.408 e. The molecule has 3 unspecified atom stereocenters. The average molecular weight is 460 g/mol. The lowest BCUT2D eigenvalue weighted by atomic mass is 9.98. The van der Waals surface area contributed by atoms with Crippen molar-refractivity contribution in [1.29, 1.82) is 0 Å². The third-order valence-electron chi connectivity index (χ3n) is 4.94. The Kier molecular flexibility index (Phi) is 10.6. The zero-order chi connectivity index (χ0) is 25.3. The van der Waals surface area contributed by atoms with Gasteiger partial charge in [-0.3, -0.25) is 9.59 Å². The van der Waals surface area contributed by atoms with Gasteiger partial charge in [-0.1, -0.05) is 48.7 Å². The predicted molar refractivity (Wildman–Crippen MR) is 132 cm³/mol. The average Bonchev–Trinajstić information content (AvgIpc) is 2.64. The molecule has 0 fully saturated rings. The van der Waals surface area contributed by atoms with Crippen molar-refractivity contribution in [2.24, 2.45) is 0 Å². The summed E-state index contributed by atoms with van der Waals surface area (Å²) in [5, 5.41) is 5.63. The van der Waals surface area contributed by atoms with E-state index < -0.39 is 29.7 Å². The Bertz CT molecular complexity index is 824. The van der Waals surface area contributed by atoms with Gasteiger partial charge in [0.2, 0.25) is 11.8 Å². The maximum absolute atomic E-state index is 13.5. The summed E-state index contributed by atoms with van der Waals surface area (Å²) in [5.41, 5.74) is 2.02. The summed E-state index contributed by atoms with van der Waals surface area (Å²) >= 11 is 0. The number of benzene rings is 1. The van der Waals surface area contributed by atoms with E-state index in [2.05, 4.69) is 24.1 Å². The fourth-order valence-electron chi connectivity index (χ4n) is 3.72. The topological polar surface area (TPSA) is 87.7 Å². The number of nitrogens with one attached hydrogen (secondary N) is 2. The molecular formula is C26H41N3O4. The number of hydrogen-bond acceptors (Lipinski definition) is 4. The third kappa shape index (κ3) is 9.28. The fraction of sp³-hybridized carbons (Fsp3) is 0.577. The molecule has 0 saturated carbocycles. The Labute approximate surface area is 198 Å². The van der Waals surface area contributed by atoms with Gasteiger partial charge >= 0.3 is 6.09 Å². The van der Waals surface area contributed by atoms with E-state index in [-0.39, 0.29) is 18.5 Å². The van der Waals surface area contributed by atoms with E-state index in [0.29, 0.717) is 5.56 Å². The molecule has 33 heavy (non-hydrogen) atoms. The quantitative estimate of drug-likeness (QED) is 0.502. The summed E-state index contributed by atoms with van der Waals surface area (Å²) in [7, 11) is 0. The molecule has 0 spiro atoms. The van der Waals surface area contributed by atoms with Crippen LogP contribution >= 0.6 is 0 Å². The Morgan fingerprint density at radius 2 is 1.67 bits per heavy atom. The number of ether oxygens (including phenoxy) is 1. The molecule has 1 rings (SSSR count). The molecule has 2 N–H and O–H groups in total. The van der Waals surface area contributed by atoms with E-state index in [4.69, 9.17) is 4.74 Å². The molecule has 0 aliphatic heterocycles. The first-order valence-corrected chi connectivity index (χ1v) is 11.6. The van der Waals surface area contributed by atoms with Crippen molar-refractivity contribution in [3.8, 4) is 0 Å². The molecule has 184 valence electrons. The second kappa shape index (κ2) is 12.4. The molecule has 0 radical (unpaired) electrons. The van der Waals surface area contributed by atoms with E-state index in [1.807, 2.05) is 39.0 Å². The number of rotatable bonds is 10. The van der Waals surface area contributed by atoms with Gasteiger partial charge in [-0.05, 0) is 60.5 Å². The van der Waals surface area contributed by atoms with Crippen LogP contribution in [-0.2, 0) is 14.3 Å². The second-order valence-corrected chi connectivity index (χ2v) is 9.67. The number of carbonyl (C=O) groups is 3. The summed E-state index contributed by atoms with van der Waals surface area (Å²) in [6, 6.07) is 4.05. The Morgan fingerprint density at radius 1 is 1.09 bits per heavy atom. The molecule has 3 amide bonds. The van der Waals surface area contributed by atoms with Crippen LogP contribution in [-0.4, -0.2) is 47.0 Å². The minimum Gasteiger partial charge on any atom is -0.444 e. The van der Waals surface area contributed by atoms with Crippen molar-refractivity contribution in [3.05, 3.63) is 47.5 Å². The second-order valence-electron chi connectivity index (χ2n) is 9.67. The Hall–Kier alpha value is -2.83. The van der Waals surface area contributed by atoms with E-state index in [0.717, 1.165) is 24.0 Å². The normalized spacial score (nSPS) is 13.9. The number of hydrogen-bond donors (Lipinski definition) is 2. The standard InChI is InChI=1S/C26H41N3O4/c1-10-12-19(5)27-23(30)22(21-15-17(3)14-18(4)16-21)29(13-11-2)24(31)20(6)28-25(32)33-26(7,8)9/h11,14-16,19-20,22H,2,10,12-13H2,1,3-9H3,(H,27,30)(H,28,32). The van der Waals surface area contributed by atoms with Crippen molar-refractivity contribution in [2.45, 2.75) is 92.0 Å². The van der Waals surface area contributed by atoms with Crippen LogP contribution in [0.4, 0.5) is 4.79 Å². The van der Waals surface area contributed by atoms with Crippen molar-refractivity contribution in [1.82, 2.24) is 15.5 Å². The zero-order valence-electron chi connectivity index (χ0n) is 21.5. The lowest BCUT2D eigenvalue weighted by Gasteiger charge is -2.34. The highest BCUT2D eigenvalue weighted by Crippen LogP contribution is 2.25. The van der Waals surface area contributed by atoms with Crippen LogP contribution < -0.4 is 10.6 Å². The summed E-state index contributed by atoms with van der Waals surface area (Å²) in [6.45, 7) is 18.7. The molecule has 0 heterocycles. The summed E-state index contributed by atoms with van der Waals surface area (Å²) in [4.78, 5) is 40.6. The largest absolute Gasteiger partial charge is 0.444 e. The molecule has 3 atom stereocenters. The van der Waals surface area contributed by atoms with Crippen LogP contribution in [0.3, 0.4) is 0 Å². The SMILES string of the molecule is C=CCN(C(=O)C(C)NC(=O)OC(C)(C)C)C(C(=O)NC(C)CCC)c1cc(C)cc(C)c1. The van der Waals surface area contributed by atoms with Crippen molar-refractivity contribution in [2.75, 3.05) is 6.54 Å². The van der Waals surface area contributed by atoms with Crippen LogP contribution in [0.2, 0.25) is 0 Å². The number of alkyl carbamates (subject to hydrolysis) is 1. The summed E-state index contributed by atoms with van der Waals surface area (Å²) in [5.74, 6) is -0.663. The lowest BCUT2D eigenvalue weighted by Crippen LogP contribution is -2.52. The number of nitrogens with zero attached hydrogens (tertiary/aromatic N) is 1. The minimum atomic E-state index is -0.894. The number of aryl methyl sites for hydroxylation is 2. The lowest BCUT2D eigenvalue weighted by molar-refractivity contribution is -0.141. The molecule has 1 aromatic rings. The monoisotopic (exact) mass is 459 g/mol. The van der Waals surface area contributed by atoms with Crippen LogP contribution in [0.15, 0.2) is 30.9 Å². The number of carbonyl (C=O) groups excluding carboxylic acids is 3. The van der Waals surface area contributed by atoms with Crippen molar-refractivity contribution >= 4 is 17.9 Å². The van der Waals surface area contributed by atoms with Gasteiger partial charge in [-0.2, -0.15) is 0 Å². The first-order valence-electron chi connectivity index (χ1n) is 11.6. The van der Waals surface area contributed by atoms with Crippen molar-refractivity contribution < 1.29 is 19.1 Å². The van der Waals surface area contributed by atoms with E-state index in [9.17, 15) is 14.4 Å². The minimum absolute atomic E-state index is 0.0334. The highest BCUT2D eigenvalue weighted by molar-refractivity contribution is 5.92. The maximum atomic E-state index is 13.5. The number of amides is 3. The molecule has 7 heteroatoms. The van der Waals surface area contributed by atoms with Crippen LogP contribution in [0.1, 0.15) is 77.1 Å². The molecule has 7 nitrogen and oxygen atoms in total. The van der Waals surface area contributed by atoms with E-state index >= 15 is 0 Å². The summed E-state index contributed by atoms with van der Waals surface area (Å²) in [6.07, 6.45) is 2.65. The first kappa shape index (κ1) is 28.2. The van der Waals surface area contributed by atoms with Gasteiger partial charge in [-0.15, -0.1) is 6.58 Å². The van der Waals surface area contributed by atoms with Crippen LogP contribution in [0.25, 0.3) is 0 Å². The zero-order valence-corrected chi connectivity index (χ0v) is 21.5. The predicted octanol–water partition coefficient (Wildman–Crippen LogP) is 4.58. The van der Waals surface area contributed by atoms with Gasteiger partial charge in [0, 0.05) is 12.6 Å². The molecular weight excluding hydrogens is 418 g/mol. The van der Waals surface area contributed by atoms with Crippen molar-refractivity contribution in [3.63, 3.8) is 0 Å². The van der Waals surface area contributed by atoms with Gasteiger partial charge in [-0.25, -0.2) is 4.79 Å². The Balaban J connectivity index is 3.33. The van der Waals surface area contributed by atoms with Gasteiger partial charge in [0.25, 0.3) is 0 Å². The molecule has 0 aliphatic rings. The van der Waals surface area contributed by atoms with Gasteiger partial charge < -0.3 is 20.3 Å². The molecule has 0 bridgehead atoms. The van der Waals surface area contributed by atoms with Gasteiger partial charge in [0.15, 0.2) is 0 Å². The Morgan fingerprint density at radius 3 is 2.15 bits per heavy atom. The van der Waals surface area contributed by atoms with E-state index in [1.54, 1.807) is 33.8 Å². The van der Waals surface area contributed by atoms with Crippen LogP contribution in [0.5, 0.6) is 0 Å². The fourth-order valence-corrected chi connectivity index (χ4v) is 3.72. The molecule has 0 aliphatic carbocycles. The highest BCUT2D eigenvalue weighted by Gasteiger charge is 2.34. The molecule has 1 aromatic carbocycles. The van der Waals surface area contributed by atoms with Gasteiger partial charge in [0.05, 0.1) is 0 Å².